The number of rotatable bonds is 6. The summed E-state index contributed by atoms with van der Waals surface area (Å²) >= 11 is 6.10. The Balaban J connectivity index is 1.38. The Kier molecular flexibility index (Phi) is 6.67. The van der Waals surface area contributed by atoms with Crippen LogP contribution in [0.1, 0.15) is 17.5 Å². The smallest absolute Gasteiger partial charge is 0.225 e. The summed E-state index contributed by atoms with van der Waals surface area (Å²) < 4.78 is 0. The Morgan fingerprint density at radius 3 is 2.42 bits per heavy atom. The summed E-state index contributed by atoms with van der Waals surface area (Å²) in [6.45, 7) is 7.86. The maximum absolute atomic E-state index is 12.2. The van der Waals surface area contributed by atoms with Gasteiger partial charge in [-0.25, -0.2) is 0 Å². The molecule has 0 atom stereocenters. The zero-order chi connectivity index (χ0) is 18.4. The van der Waals surface area contributed by atoms with Gasteiger partial charge in [-0.05, 0) is 30.2 Å². The Bertz CT molecular complexity index is 727. The van der Waals surface area contributed by atoms with Crippen LogP contribution in [-0.4, -0.2) is 48.4 Å². The summed E-state index contributed by atoms with van der Waals surface area (Å²) in [5, 5.41) is 3.61. The van der Waals surface area contributed by atoms with Gasteiger partial charge < -0.3 is 10.2 Å². The second kappa shape index (κ2) is 9.17. The minimum absolute atomic E-state index is 0.0386. The fraction of sp³-hybridized carbons (Fsp3) is 0.381. The summed E-state index contributed by atoms with van der Waals surface area (Å²) in [7, 11) is 0. The van der Waals surface area contributed by atoms with Crippen molar-refractivity contribution in [3.8, 4) is 0 Å². The van der Waals surface area contributed by atoms with Crippen LogP contribution in [0.5, 0.6) is 0 Å². The van der Waals surface area contributed by atoms with Crippen molar-refractivity contribution >= 4 is 23.2 Å². The second-order valence-electron chi connectivity index (χ2n) is 6.87. The Morgan fingerprint density at radius 1 is 1.04 bits per heavy atom. The molecule has 4 nitrogen and oxygen atoms in total. The molecule has 1 amide bonds. The van der Waals surface area contributed by atoms with Crippen molar-refractivity contribution in [2.45, 2.75) is 19.9 Å². The van der Waals surface area contributed by atoms with Gasteiger partial charge in [-0.2, -0.15) is 0 Å². The normalized spacial score (nSPS) is 15.8. The number of nitrogens with one attached hydrogen (secondary N) is 1. The molecular formula is C21H26ClN3O. The van der Waals surface area contributed by atoms with Gasteiger partial charge in [0.05, 0.1) is 0 Å². The van der Waals surface area contributed by atoms with E-state index in [9.17, 15) is 4.79 Å². The number of hydrogen-bond acceptors (Lipinski definition) is 3. The Morgan fingerprint density at radius 2 is 1.73 bits per heavy atom. The number of piperazine rings is 1. The molecule has 2 aromatic rings. The van der Waals surface area contributed by atoms with E-state index in [0.717, 1.165) is 50.5 Å². The molecule has 1 N–H and O–H groups in total. The van der Waals surface area contributed by atoms with E-state index < -0.39 is 0 Å². The van der Waals surface area contributed by atoms with Crippen molar-refractivity contribution in [1.82, 2.24) is 9.80 Å². The molecule has 3 rings (SSSR count). The topological polar surface area (TPSA) is 35.6 Å². The van der Waals surface area contributed by atoms with Crippen LogP contribution in [0, 0.1) is 6.92 Å². The van der Waals surface area contributed by atoms with E-state index in [-0.39, 0.29) is 5.91 Å². The monoisotopic (exact) mass is 371 g/mol. The van der Waals surface area contributed by atoms with Gasteiger partial charge in [0.25, 0.3) is 0 Å². The highest BCUT2D eigenvalue weighted by Crippen LogP contribution is 2.20. The summed E-state index contributed by atoms with van der Waals surface area (Å²) in [5.74, 6) is 0.0386. The molecule has 0 aliphatic carbocycles. The van der Waals surface area contributed by atoms with E-state index in [1.807, 2.05) is 19.1 Å². The van der Waals surface area contributed by atoms with Gasteiger partial charge in [-0.15, -0.1) is 0 Å². The second-order valence-corrected chi connectivity index (χ2v) is 7.27. The molecule has 2 aromatic carbocycles. The molecule has 0 bridgehead atoms. The maximum atomic E-state index is 12.2. The number of amides is 1. The molecule has 0 saturated carbocycles. The van der Waals surface area contributed by atoms with Crippen LogP contribution in [0.15, 0.2) is 48.5 Å². The largest absolute Gasteiger partial charge is 0.326 e. The van der Waals surface area contributed by atoms with Crippen LogP contribution in [0.4, 0.5) is 5.69 Å². The van der Waals surface area contributed by atoms with E-state index in [1.165, 1.54) is 5.56 Å². The SMILES string of the molecule is Cc1ccc(NC(=O)CCN2CCN(Cc3ccccc3)CC2)cc1Cl. The number of aryl methyl sites for hydroxylation is 1. The number of nitrogens with zero attached hydrogens (tertiary/aromatic N) is 2. The molecule has 0 spiro atoms. The molecule has 1 heterocycles. The number of benzene rings is 2. The van der Waals surface area contributed by atoms with Crippen LogP contribution >= 0.6 is 11.6 Å². The van der Waals surface area contributed by atoms with Gasteiger partial charge >= 0.3 is 0 Å². The highest BCUT2D eigenvalue weighted by Gasteiger charge is 2.17. The Labute approximate surface area is 160 Å². The predicted octanol–water partition coefficient (Wildman–Crippen LogP) is 3.79. The number of hydrogen-bond donors (Lipinski definition) is 1. The lowest BCUT2D eigenvalue weighted by Gasteiger charge is -2.34. The molecule has 0 aromatic heterocycles. The van der Waals surface area contributed by atoms with Gasteiger partial charge in [0.15, 0.2) is 0 Å². The lowest BCUT2D eigenvalue weighted by Crippen LogP contribution is -2.46. The summed E-state index contributed by atoms with van der Waals surface area (Å²) in [4.78, 5) is 17.0. The van der Waals surface area contributed by atoms with Crippen LogP contribution in [0.2, 0.25) is 5.02 Å². The minimum Gasteiger partial charge on any atom is -0.326 e. The number of carbonyl (C=O) groups excluding carboxylic acids is 1. The van der Waals surface area contributed by atoms with E-state index in [2.05, 4.69) is 45.4 Å². The zero-order valence-electron chi connectivity index (χ0n) is 15.2. The molecule has 1 aliphatic rings. The average molecular weight is 372 g/mol. The fourth-order valence-electron chi connectivity index (χ4n) is 3.17. The first-order valence-corrected chi connectivity index (χ1v) is 9.52. The van der Waals surface area contributed by atoms with Crippen molar-refractivity contribution in [1.29, 1.82) is 0 Å². The summed E-state index contributed by atoms with van der Waals surface area (Å²) in [6, 6.07) is 16.2. The number of carbonyl (C=O) groups is 1. The maximum Gasteiger partial charge on any atom is 0.225 e. The van der Waals surface area contributed by atoms with Gasteiger partial charge in [0.2, 0.25) is 5.91 Å². The molecule has 0 radical (unpaired) electrons. The molecule has 1 fully saturated rings. The third-order valence-electron chi connectivity index (χ3n) is 4.82. The van der Waals surface area contributed by atoms with Crippen LogP contribution < -0.4 is 5.32 Å². The third-order valence-corrected chi connectivity index (χ3v) is 5.23. The summed E-state index contributed by atoms with van der Waals surface area (Å²) in [6.07, 6.45) is 0.504. The van der Waals surface area contributed by atoms with Crippen molar-refractivity contribution in [2.75, 3.05) is 38.0 Å². The highest BCUT2D eigenvalue weighted by molar-refractivity contribution is 6.31. The average Bonchev–Trinajstić information content (AvgIpc) is 2.65. The van der Waals surface area contributed by atoms with Crippen LogP contribution in [0.3, 0.4) is 0 Å². The van der Waals surface area contributed by atoms with Crippen molar-refractivity contribution in [3.63, 3.8) is 0 Å². The molecule has 138 valence electrons. The zero-order valence-corrected chi connectivity index (χ0v) is 16.0. The van der Waals surface area contributed by atoms with Gasteiger partial charge in [-0.1, -0.05) is 48.0 Å². The van der Waals surface area contributed by atoms with Crippen molar-refractivity contribution in [3.05, 3.63) is 64.7 Å². The van der Waals surface area contributed by atoms with Gasteiger partial charge in [-0.3, -0.25) is 9.69 Å². The fourth-order valence-corrected chi connectivity index (χ4v) is 3.35. The molecular weight excluding hydrogens is 346 g/mol. The standard InChI is InChI=1S/C21H26ClN3O/c1-17-7-8-19(15-20(17)22)23-21(26)9-10-24-11-13-25(14-12-24)16-18-5-3-2-4-6-18/h2-8,15H,9-14,16H2,1H3,(H,23,26). The summed E-state index contributed by atoms with van der Waals surface area (Å²) in [5.41, 5.74) is 3.13. The Hall–Kier alpha value is -1.88. The van der Waals surface area contributed by atoms with E-state index in [1.54, 1.807) is 6.07 Å². The third kappa shape index (κ3) is 5.56. The minimum atomic E-state index is 0.0386. The first-order chi connectivity index (χ1) is 12.6. The lowest BCUT2D eigenvalue weighted by atomic mass is 10.2. The predicted molar refractivity (Wildman–Crippen MR) is 108 cm³/mol. The first kappa shape index (κ1) is 18.9. The molecule has 1 saturated heterocycles. The molecule has 1 aliphatic heterocycles. The van der Waals surface area contributed by atoms with E-state index >= 15 is 0 Å². The number of anilines is 1. The van der Waals surface area contributed by atoms with E-state index in [0.29, 0.717) is 11.4 Å². The quantitative estimate of drug-likeness (QED) is 0.839. The van der Waals surface area contributed by atoms with Gasteiger partial charge in [0.1, 0.15) is 0 Å². The number of halogens is 1. The molecule has 5 heteroatoms. The van der Waals surface area contributed by atoms with Crippen molar-refractivity contribution < 1.29 is 4.79 Å². The van der Waals surface area contributed by atoms with Gasteiger partial charge in [0, 0.05) is 56.4 Å². The van der Waals surface area contributed by atoms with Crippen LogP contribution in [-0.2, 0) is 11.3 Å². The van der Waals surface area contributed by atoms with Crippen LogP contribution in [0.25, 0.3) is 0 Å². The highest BCUT2D eigenvalue weighted by atomic mass is 35.5. The molecule has 0 unspecified atom stereocenters. The first-order valence-electron chi connectivity index (χ1n) is 9.15. The molecule has 26 heavy (non-hydrogen) atoms. The van der Waals surface area contributed by atoms with Crippen molar-refractivity contribution in [2.24, 2.45) is 0 Å². The van der Waals surface area contributed by atoms with E-state index in [4.69, 9.17) is 11.6 Å². The lowest BCUT2D eigenvalue weighted by molar-refractivity contribution is -0.116.